The van der Waals surface area contributed by atoms with Crippen molar-refractivity contribution in [2.24, 2.45) is 0 Å². The van der Waals surface area contributed by atoms with E-state index in [0.717, 1.165) is 10.7 Å². The van der Waals surface area contributed by atoms with Crippen molar-refractivity contribution in [2.45, 2.75) is 36.6 Å². The van der Waals surface area contributed by atoms with Gasteiger partial charge in [-0.25, -0.2) is 18.1 Å². The highest BCUT2D eigenvalue weighted by Crippen LogP contribution is 2.41. The summed E-state index contributed by atoms with van der Waals surface area (Å²) in [6.45, 7) is 1.81. The van der Waals surface area contributed by atoms with Crippen molar-refractivity contribution in [3.05, 3.63) is 40.6 Å². The van der Waals surface area contributed by atoms with Crippen molar-refractivity contribution in [1.82, 2.24) is 14.7 Å². The van der Waals surface area contributed by atoms with Crippen molar-refractivity contribution in [3.8, 4) is 0 Å². The molecule has 1 aliphatic rings. The highest BCUT2D eigenvalue weighted by atomic mass is 32.2. The Hall–Kier alpha value is -1.31. The van der Waals surface area contributed by atoms with E-state index >= 15 is 0 Å². The van der Waals surface area contributed by atoms with Gasteiger partial charge in [0, 0.05) is 23.7 Å². The molecule has 0 bridgehead atoms. The number of pyridine rings is 1. The van der Waals surface area contributed by atoms with Crippen LogP contribution in [0.5, 0.6) is 0 Å². The standard InChI is InChI=1S/C13H15N3O2S2/c1-9(12-8-19-13(15-12)10-4-5-10)16-20(17,18)11-3-2-6-14-7-11/h2-3,6-10,16H,4-5H2,1H3. The third kappa shape index (κ3) is 2.89. The maximum absolute atomic E-state index is 12.2. The van der Waals surface area contributed by atoms with Gasteiger partial charge in [-0.05, 0) is 31.9 Å². The minimum absolute atomic E-state index is 0.171. The molecule has 2 aromatic heterocycles. The van der Waals surface area contributed by atoms with Crippen LogP contribution in [0.3, 0.4) is 0 Å². The van der Waals surface area contributed by atoms with E-state index in [-0.39, 0.29) is 10.9 Å². The van der Waals surface area contributed by atoms with Gasteiger partial charge in [-0.1, -0.05) is 0 Å². The number of aromatic nitrogens is 2. The monoisotopic (exact) mass is 309 g/mol. The summed E-state index contributed by atoms with van der Waals surface area (Å²) in [4.78, 5) is 8.53. The molecule has 1 atom stereocenters. The first-order valence-corrected chi connectivity index (χ1v) is 8.80. The summed E-state index contributed by atoms with van der Waals surface area (Å²) >= 11 is 1.61. The van der Waals surface area contributed by atoms with E-state index in [2.05, 4.69) is 14.7 Å². The van der Waals surface area contributed by atoms with Crippen molar-refractivity contribution in [2.75, 3.05) is 0 Å². The largest absolute Gasteiger partial charge is 0.263 e. The lowest BCUT2D eigenvalue weighted by Crippen LogP contribution is -2.27. The second-order valence-corrected chi connectivity index (χ2v) is 7.52. The molecule has 2 aromatic rings. The molecule has 1 aliphatic carbocycles. The lowest BCUT2D eigenvalue weighted by Gasteiger charge is -2.11. The third-order valence-corrected chi connectivity index (χ3v) is 5.74. The number of hydrogen-bond acceptors (Lipinski definition) is 5. The fourth-order valence-corrected chi connectivity index (χ4v) is 4.15. The first kappa shape index (κ1) is 13.7. The van der Waals surface area contributed by atoms with Crippen LogP contribution in [0.15, 0.2) is 34.8 Å². The van der Waals surface area contributed by atoms with Crippen molar-refractivity contribution in [3.63, 3.8) is 0 Å². The van der Waals surface area contributed by atoms with Crippen LogP contribution in [-0.4, -0.2) is 18.4 Å². The quantitative estimate of drug-likeness (QED) is 0.921. The van der Waals surface area contributed by atoms with Gasteiger partial charge in [-0.3, -0.25) is 4.98 Å². The van der Waals surface area contributed by atoms with Crippen LogP contribution >= 0.6 is 11.3 Å². The Kier molecular flexibility index (Phi) is 3.57. The first-order valence-electron chi connectivity index (χ1n) is 6.44. The molecule has 0 aromatic carbocycles. The Bertz CT molecular complexity index is 693. The van der Waals surface area contributed by atoms with Crippen LogP contribution in [-0.2, 0) is 10.0 Å². The molecular weight excluding hydrogens is 294 g/mol. The molecule has 1 unspecified atom stereocenters. The van der Waals surface area contributed by atoms with E-state index in [4.69, 9.17) is 0 Å². The number of rotatable bonds is 5. The SMILES string of the molecule is CC(NS(=O)(=O)c1cccnc1)c1csc(C2CC2)n1. The summed E-state index contributed by atoms with van der Waals surface area (Å²) in [7, 11) is -3.55. The van der Waals surface area contributed by atoms with Crippen LogP contribution in [0.4, 0.5) is 0 Å². The van der Waals surface area contributed by atoms with E-state index in [1.807, 2.05) is 5.38 Å². The average Bonchev–Trinajstić information content (AvgIpc) is 3.17. The number of hydrogen-bond donors (Lipinski definition) is 1. The molecule has 2 heterocycles. The van der Waals surface area contributed by atoms with Crippen molar-refractivity contribution in [1.29, 1.82) is 0 Å². The lowest BCUT2D eigenvalue weighted by molar-refractivity contribution is 0.564. The maximum Gasteiger partial charge on any atom is 0.242 e. The predicted molar refractivity (Wildman–Crippen MR) is 77.1 cm³/mol. The molecular formula is C13H15N3O2S2. The molecule has 0 amide bonds. The van der Waals surface area contributed by atoms with Crippen LogP contribution in [0, 0.1) is 0 Å². The molecule has 20 heavy (non-hydrogen) atoms. The van der Waals surface area contributed by atoms with Gasteiger partial charge in [0.05, 0.1) is 16.7 Å². The summed E-state index contributed by atoms with van der Waals surface area (Å²) in [6.07, 6.45) is 5.28. The summed E-state index contributed by atoms with van der Waals surface area (Å²) in [5, 5.41) is 3.05. The van der Waals surface area contributed by atoms with E-state index in [1.54, 1.807) is 30.5 Å². The normalized spacial score (nSPS) is 17.1. The fourth-order valence-electron chi connectivity index (χ4n) is 1.88. The predicted octanol–water partition coefficient (Wildman–Crippen LogP) is 2.46. The zero-order chi connectivity index (χ0) is 14.2. The summed E-state index contributed by atoms with van der Waals surface area (Å²) in [5.74, 6) is 0.593. The zero-order valence-electron chi connectivity index (χ0n) is 11.0. The molecule has 1 N–H and O–H groups in total. The Labute approximate surface area is 122 Å². The van der Waals surface area contributed by atoms with E-state index in [1.165, 1.54) is 25.1 Å². The number of sulfonamides is 1. The molecule has 3 rings (SSSR count). The van der Waals surface area contributed by atoms with Crippen molar-refractivity contribution >= 4 is 21.4 Å². The molecule has 1 saturated carbocycles. The maximum atomic E-state index is 12.2. The molecule has 7 heteroatoms. The number of thiazole rings is 1. The summed E-state index contributed by atoms with van der Waals surface area (Å²) in [5.41, 5.74) is 0.782. The van der Waals surface area contributed by atoms with Crippen molar-refractivity contribution < 1.29 is 8.42 Å². The van der Waals surface area contributed by atoms with Gasteiger partial charge in [0.2, 0.25) is 10.0 Å². The van der Waals surface area contributed by atoms with E-state index < -0.39 is 10.0 Å². The minimum atomic E-state index is -3.55. The fraction of sp³-hybridized carbons (Fsp3) is 0.385. The minimum Gasteiger partial charge on any atom is -0.263 e. The Morgan fingerprint density at radius 1 is 1.45 bits per heavy atom. The smallest absolute Gasteiger partial charge is 0.242 e. The van der Waals surface area contributed by atoms with Crippen LogP contribution in [0.2, 0.25) is 0 Å². The van der Waals surface area contributed by atoms with Crippen LogP contribution in [0.25, 0.3) is 0 Å². The molecule has 0 aliphatic heterocycles. The first-order chi connectivity index (χ1) is 9.56. The van der Waals surface area contributed by atoms with Gasteiger partial charge >= 0.3 is 0 Å². The van der Waals surface area contributed by atoms with Crippen LogP contribution < -0.4 is 4.72 Å². The Morgan fingerprint density at radius 2 is 2.25 bits per heavy atom. The van der Waals surface area contributed by atoms with Gasteiger partial charge in [-0.2, -0.15) is 0 Å². The molecule has 0 spiro atoms. The highest BCUT2D eigenvalue weighted by Gasteiger charge is 2.28. The Morgan fingerprint density at radius 3 is 2.90 bits per heavy atom. The molecule has 5 nitrogen and oxygen atoms in total. The van der Waals surface area contributed by atoms with E-state index in [0.29, 0.717) is 5.92 Å². The van der Waals surface area contributed by atoms with Gasteiger partial charge < -0.3 is 0 Å². The number of nitrogens with one attached hydrogen (secondary N) is 1. The zero-order valence-corrected chi connectivity index (χ0v) is 12.6. The topological polar surface area (TPSA) is 72.0 Å². The van der Waals surface area contributed by atoms with Gasteiger partial charge in [0.25, 0.3) is 0 Å². The van der Waals surface area contributed by atoms with Gasteiger partial charge in [0.15, 0.2) is 0 Å². The second kappa shape index (κ2) is 5.23. The van der Waals surface area contributed by atoms with E-state index in [9.17, 15) is 8.42 Å². The highest BCUT2D eigenvalue weighted by molar-refractivity contribution is 7.89. The Balaban J connectivity index is 1.75. The molecule has 1 fully saturated rings. The number of nitrogens with zero attached hydrogens (tertiary/aromatic N) is 2. The molecule has 0 saturated heterocycles. The average molecular weight is 309 g/mol. The summed E-state index contributed by atoms with van der Waals surface area (Å²) < 4.78 is 27.0. The summed E-state index contributed by atoms with van der Waals surface area (Å²) in [6, 6.07) is 2.79. The van der Waals surface area contributed by atoms with Crippen LogP contribution in [0.1, 0.15) is 42.4 Å². The molecule has 0 radical (unpaired) electrons. The van der Waals surface area contributed by atoms with Gasteiger partial charge in [-0.15, -0.1) is 11.3 Å². The second-order valence-electron chi connectivity index (χ2n) is 4.92. The van der Waals surface area contributed by atoms with Gasteiger partial charge in [0.1, 0.15) is 4.90 Å². The lowest BCUT2D eigenvalue weighted by atomic mass is 10.3. The molecule has 106 valence electrons. The third-order valence-electron chi connectivity index (χ3n) is 3.19.